The van der Waals surface area contributed by atoms with Crippen molar-refractivity contribution in [3.63, 3.8) is 0 Å². The van der Waals surface area contributed by atoms with Crippen LogP contribution in [-0.4, -0.2) is 33.7 Å². The van der Waals surface area contributed by atoms with Crippen LogP contribution in [0, 0.1) is 11.3 Å². The maximum Gasteiger partial charge on any atom is 0.258 e. The molecule has 0 aliphatic carbocycles. The van der Waals surface area contributed by atoms with Crippen molar-refractivity contribution in [1.29, 1.82) is 5.26 Å². The minimum absolute atomic E-state index is 0.167. The Kier molecular flexibility index (Phi) is 4.76. The third kappa shape index (κ3) is 2.98. The van der Waals surface area contributed by atoms with Crippen LogP contribution in [0.25, 0.3) is 5.69 Å². The van der Waals surface area contributed by atoms with Crippen LogP contribution in [0.3, 0.4) is 0 Å². The highest BCUT2D eigenvalue weighted by Crippen LogP contribution is 2.18. The van der Waals surface area contributed by atoms with Gasteiger partial charge in [0, 0.05) is 17.6 Å². The van der Waals surface area contributed by atoms with Gasteiger partial charge in [0.2, 0.25) is 0 Å². The van der Waals surface area contributed by atoms with Crippen LogP contribution in [0.4, 0.5) is 0 Å². The maximum absolute atomic E-state index is 12.4. The summed E-state index contributed by atoms with van der Waals surface area (Å²) in [6, 6.07) is 9.49. The lowest BCUT2D eigenvalue weighted by molar-refractivity contribution is 0.0772. The fourth-order valence-electron chi connectivity index (χ4n) is 2.07. The highest BCUT2D eigenvalue weighted by Gasteiger charge is 2.21. The summed E-state index contributed by atoms with van der Waals surface area (Å²) in [6.07, 6.45) is 1.46. The topological polar surface area (TPSA) is 61.9 Å². The number of aromatic nitrogens is 2. The summed E-state index contributed by atoms with van der Waals surface area (Å²) in [7, 11) is 0. The highest BCUT2D eigenvalue weighted by molar-refractivity contribution is 9.10. The molecule has 1 heterocycles. The van der Waals surface area contributed by atoms with Crippen LogP contribution in [0.2, 0.25) is 0 Å². The van der Waals surface area contributed by atoms with Gasteiger partial charge in [-0.25, -0.2) is 4.68 Å². The third-order valence-electron chi connectivity index (χ3n) is 3.23. The molecule has 2 aromatic rings. The maximum atomic E-state index is 12.4. The molecule has 5 nitrogen and oxygen atoms in total. The lowest BCUT2D eigenvalue weighted by Crippen LogP contribution is -2.30. The average molecular weight is 347 g/mol. The summed E-state index contributed by atoms with van der Waals surface area (Å²) in [5.41, 5.74) is 1.34. The number of halogens is 1. The van der Waals surface area contributed by atoms with Crippen LogP contribution < -0.4 is 0 Å². The molecule has 0 N–H and O–H groups in total. The van der Waals surface area contributed by atoms with E-state index in [2.05, 4.69) is 27.1 Å². The highest BCUT2D eigenvalue weighted by atomic mass is 79.9. The molecule has 21 heavy (non-hydrogen) atoms. The van der Waals surface area contributed by atoms with Crippen LogP contribution >= 0.6 is 15.9 Å². The van der Waals surface area contributed by atoms with Crippen molar-refractivity contribution in [2.75, 3.05) is 13.1 Å². The first-order valence-electron chi connectivity index (χ1n) is 6.65. The van der Waals surface area contributed by atoms with Crippen LogP contribution in [0.15, 0.2) is 34.9 Å². The Hall–Kier alpha value is -2.13. The van der Waals surface area contributed by atoms with E-state index in [9.17, 15) is 10.1 Å². The van der Waals surface area contributed by atoms with Gasteiger partial charge in [-0.2, -0.15) is 10.4 Å². The number of nitriles is 1. The zero-order chi connectivity index (χ0) is 15.4. The van der Waals surface area contributed by atoms with Gasteiger partial charge in [-0.1, -0.05) is 15.9 Å². The largest absolute Gasteiger partial charge is 0.339 e. The second-order valence-corrected chi connectivity index (χ2v) is 5.30. The van der Waals surface area contributed by atoms with E-state index in [1.54, 1.807) is 4.90 Å². The van der Waals surface area contributed by atoms with Gasteiger partial charge in [-0.05, 0) is 38.1 Å². The molecule has 0 atom stereocenters. The molecule has 6 heteroatoms. The summed E-state index contributed by atoms with van der Waals surface area (Å²) in [6.45, 7) is 5.02. The van der Waals surface area contributed by atoms with E-state index in [-0.39, 0.29) is 11.6 Å². The number of nitrogens with zero attached hydrogens (tertiary/aromatic N) is 4. The van der Waals surface area contributed by atoms with Crippen LogP contribution in [-0.2, 0) is 0 Å². The van der Waals surface area contributed by atoms with Crippen LogP contribution in [0.1, 0.15) is 29.9 Å². The Morgan fingerprint density at radius 3 is 2.48 bits per heavy atom. The molecule has 0 fully saturated rings. The molecule has 1 aromatic heterocycles. The number of carbonyl (C=O) groups excluding carboxylic acids is 1. The molecule has 0 saturated carbocycles. The van der Waals surface area contributed by atoms with Crippen molar-refractivity contribution in [2.24, 2.45) is 0 Å². The fourth-order valence-corrected chi connectivity index (χ4v) is 2.34. The number of amides is 1. The molecule has 0 radical (unpaired) electrons. The zero-order valence-electron chi connectivity index (χ0n) is 11.9. The molecule has 0 bridgehead atoms. The van der Waals surface area contributed by atoms with Gasteiger partial charge in [0.1, 0.15) is 6.07 Å². The molecule has 108 valence electrons. The Morgan fingerprint density at radius 2 is 1.95 bits per heavy atom. The van der Waals surface area contributed by atoms with Gasteiger partial charge in [-0.15, -0.1) is 0 Å². The predicted octanol–water partition coefficient (Wildman–Crippen LogP) is 2.99. The van der Waals surface area contributed by atoms with Gasteiger partial charge < -0.3 is 4.90 Å². The van der Waals surface area contributed by atoms with E-state index in [1.165, 1.54) is 10.9 Å². The quantitative estimate of drug-likeness (QED) is 0.854. The van der Waals surface area contributed by atoms with Crippen molar-refractivity contribution in [3.8, 4) is 11.8 Å². The van der Waals surface area contributed by atoms with Crippen molar-refractivity contribution in [1.82, 2.24) is 14.7 Å². The Balaban J connectivity index is 2.46. The third-order valence-corrected chi connectivity index (χ3v) is 3.76. The first-order valence-corrected chi connectivity index (χ1v) is 7.45. The Morgan fingerprint density at radius 1 is 1.33 bits per heavy atom. The van der Waals surface area contributed by atoms with E-state index < -0.39 is 0 Å². The molecular formula is C15H15BrN4O. The second kappa shape index (κ2) is 6.55. The molecule has 1 amide bonds. The number of rotatable bonds is 4. The van der Waals surface area contributed by atoms with E-state index in [4.69, 9.17) is 0 Å². The second-order valence-electron chi connectivity index (χ2n) is 4.38. The molecule has 2 rings (SSSR count). The number of hydrogen-bond acceptors (Lipinski definition) is 3. The van der Waals surface area contributed by atoms with Crippen molar-refractivity contribution < 1.29 is 4.79 Å². The standard InChI is InChI=1S/C15H15BrN4O/c1-3-19(4-2)15(21)13-10-18-20(14(13)9-17)12-7-5-11(16)6-8-12/h5-8,10H,3-4H2,1-2H3. The SMILES string of the molecule is CCN(CC)C(=O)c1cnn(-c2ccc(Br)cc2)c1C#N. The van der Waals surface area contributed by atoms with Gasteiger partial charge in [0.15, 0.2) is 5.69 Å². The molecule has 0 aliphatic heterocycles. The minimum atomic E-state index is -0.167. The molecule has 1 aromatic carbocycles. The van der Waals surface area contributed by atoms with E-state index in [0.717, 1.165) is 10.2 Å². The number of benzene rings is 1. The summed E-state index contributed by atoms with van der Waals surface area (Å²) in [5, 5.41) is 13.6. The zero-order valence-corrected chi connectivity index (χ0v) is 13.5. The predicted molar refractivity (Wildman–Crippen MR) is 83.2 cm³/mol. The molecular weight excluding hydrogens is 332 g/mol. The minimum Gasteiger partial charge on any atom is -0.339 e. The van der Waals surface area contributed by atoms with E-state index in [1.807, 2.05) is 38.1 Å². The molecule has 0 spiro atoms. The van der Waals surface area contributed by atoms with Gasteiger partial charge >= 0.3 is 0 Å². The normalized spacial score (nSPS) is 10.2. The summed E-state index contributed by atoms with van der Waals surface area (Å²) in [5.74, 6) is -0.167. The first-order chi connectivity index (χ1) is 10.1. The van der Waals surface area contributed by atoms with Crippen LogP contribution in [0.5, 0.6) is 0 Å². The monoisotopic (exact) mass is 346 g/mol. The smallest absolute Gasteiger partial charge is 0.258 e. The van der Waals surface area contributed by atoms with Gasteiger partial charge in [0.05, 0.1) is 17.4 Å². The Bertz CT molecular complexity index is 681. The number of hydrogen-bond donors (Lipinski definition) is 0. The van der Waals surface area contributed by atoms with Gasteiger partial charge in [-0.3, -0.25) is 4.79 Å². The average Bonchev–Trinajstić information content (AvgIpc) is 2.93. The van der Waals surface area contributed by atoms with E-state index >= 15 is 0 Å². The van der Waals surface area contributed by atoms with Crippen molar-refractivity contribution >= 4 is 21.8 Å². The van der Waals surface area contributed by atoms with Crippen molar-refractivity contribution in [3.05, 3.63) is 46.2 Å². The fraction of sp³-hybridized carbons (Fsp3) is 0.267. The number of carbonyl (C=O) groups is 1. The van der Waals surface area contributed by atoms with E-state index in [0.29, 0.717) is 18.7 Å². The van der Waals surface area contributed by atoms with Crippen molar-refractivity contribution in [2.45, 2.75) is 13.8 Å². The first kappa shape index (κ1) is 15.3. The van der Waals surface area contributed by atoms with Gasteiger partial charge in [0.25, 0.3) is 5.91 Å². The lowest BCUT2D eigenvalue weighted by Gasteiger charge is -2.17. The molecule has 0 aliphatic rings. The molecule has 0 unspecified atom stereocenters. The summed E-state index contributed by atoms with van der Waals surface area (Å²) >= 11 is 3.36. The Labute approximate surface area is 131 Å². The summed E-state index contributed by atoms with van der Waals surface area (Å²) in [4.78, 5) is 14.1. The summed E-state index contributed by atoms with van der Waals surface area (Å²) < 4.78 is 2.43. The lowest BCUT2D eigenvalue weighted by atomic mass is 10.2. The molecule has 0 saturated heterocycles.